The van der Waals surface area contributed by atoms with Gasteiger partial charge in [-0.25, -0.2) is 13.2 Å². The molecule has 1 aliphatic carbocycles. The third-order valence-corrected chi connectivity index (χ3v) is 6.69. The molecule has 0 spiro atoms. The Kier molecular flexibility index (Phi) is 7.03. The van der Waals surface area contributed by atoms with Gasteiger partial charge in [-0.05, 0) is 74.6 Å². The van der Waals surface area contributed by atoms with Crippen molar-refractivity contribution in [3.8, 4) is 0 Å². The molecule has 9 heteroatoms. The van der Waals surface area contributed by atoms with Crippen LogP contribution in [0.4, 0.5) is 10.5 Å². The third kappa shape index (κ3) is 5.88. The van der Waals surface area contributed by atoms with Crippen molar-refractivity contribution < 1.29 is 17.9 Å². The Morgan fingerprint density at radius 3 is 2.34 bits per heavy atom. The van der Waals surface area contributed by atoms with E-state index in [1.807, 2.05) is 39.0 Å². The number of hydrogen-bond acceptors (Lipinski definition) is 4. The summed E-state index contributed by atoms with van der Waals surface area (Å²) in [5.74, 6) is 0.0373. The third-order valence-electron chi connectivity index (χ3n) is 5.35. The highest BCUT2D eigenvalue weighted by Crippen LogP contribution is 2.45. The molecule has 0 saturated carbocycles. The molecule has 32 heavy (non-hydrogen) atoms. The molecular weight excluding hydrogens is 471 g/mol. The standard InChI is InChI=1S/C23H28Cl2N2O4S/c1-23(2,3)31-22(28)27(4)21-11-9-16(14-6-10-19(24)20(25)12-14)17-8-7-15(13-18(17)21)26-32(5,29)30/h6-8,10,12-13,16,21,26H,9,11H2,1-5H3/t16?,21-/m0/s1. The summed E-state index contributed by atoms with van der Waals surface area (Å²) in [6, 6.07) is 10.8. The highest BCUT2D eigenvalue weighted by Gasteiger charge is 2.34. The number of benzene rings is 2. The normalized spacial score (nSPS) is 18.6. The number of sulfonamides is 1. The number of nitrogens with one attached hydrogen (secondary N) is 1. The van der Waals surface area contributed by atoms with Crippen LogP contribution in [0.3, 0.4) is 0 Å². The molecule has 0 radical (unpaired) electrons. The highest BCUT2D eigenvalue weighted by atomic mass is 35.5. The summed E-state index contributed by atoms with van der Waals surface area (Å²) in [7, 11) is -1.74. The summed E-state index contributed by atoms with van der Waals surface area (Å²) in [5, 5.41) is 0.968. The number of nitrogens with zero attached hydrogens (tertiary/aromatic N) is 1. The zero-order valence-corrected chi connectivity index (χ0v) is 21.1. The number of rotatable bonds is 4. The summed E-state index contributed by atoms with van der Waals surface area (Å²) < 4.78 is 31.7. The molecule has 2 aromatic rings. The predicted octanol–water partition coefficient (Wildman–Crippen LogP) is 6.20. The van der Waals surface area contributed by atoms with Crippen LogP contribution in [0.2, 0.25) is 10.0 Å². The molecule has 174 valence electrons. The lowest BCUT2D eigenvalue weighted by molar-refractivity contribution is 0.0202. The summed E-state index contributed by atoms with van der Waals surface area (Å²) in [4.78, 5) is 14.4. The van der Waals surface area contributed by atoms with E-state index < -0.39 is 21.7 Å². The van der Waals surface area contributed by atoms with Crippen molar-refractivity contribution in [3.63, 3.8) is 0 Å². The molecule has 0 aromatic heterocycles. The van der Waals surface area contributed by atoms with Gasteiger partial charge in [0.25, 0.3) is 0 Å². The van der Waals surface area contributed by atoms with Crippen LogP contribution in [0.1, 0.15) is 62.3 Å². The summed E-state index contributed by atoms with van der Waals surface area (Å²) in [6.45, 7) is 5.46. The molecule has 1 amide bonds. The second kappa shape index (κ2) is 9.12. The first-order valence-electron chi connectivity index (χ1n) is 10.3. The van der Waals surface area contributed by atoms with E-state index in [0.717, 1.165) is 29.4 Å². The van der Waals surface area contributed by atoms with Crippen LogP contribution in [0.15, 0.2) is 36.4 Å². The molecule has 0 saturated heterocycles. The number of amides is 1. The van der Waals surface area contributed by atoms with Crippen molar-refractivity contribution >= 4 is 45.0 Å². The SMILES string of the molecule is CN(C(=O)OC(C)(C)C)[C@H]1CCC(c2ccc(Cl)c(Cl)c2)c2ccc(NS(C)(=O)=O)cc21. The van der Waals surface area contributed by atoms with Gasteiger partial charge in [-0.3, -0.25) is 4.72 Å². The molecule has 0 heterocycles. The Hall–Kier alpha value is -1.96. The fourth-order valence-electron chi connectivity index (χ4n) is 4.03. The second-order valence-corrected chi connectivity index (χ2v) is 11.7. The van der Waals surface area contributed by atoms with Gasteiger partial charge < -0.3 is 9.64 Å². The topological polar surface area (TPSA) is 75.7 Å². The van der Waals surface area contributed by atoms with E-state index in [1.165, 1.54) is 0 Å². The first kappa shape index (κ1) is 24.7. The predicted molar refractivity (Wildman–Crippen MR) is 129 cm³/mol. The molecule has 1 aliphatic rings. The van der Waals surface area contributed by atoms with Crippen LogP contribution in [-0.4, -0.2) is 38.3 Å². The lowest BCUT2D eigenvalue weighted by Gasteiger charge is -2.38. The van der Waals surface area contributed by atoms with Crippen molar-refractivity contribution in [2.75, 3.05) is 18.0 Å². The van der Waals surface area contributed by atoms with Gasteiger partial charge in [-0.1, -0.05) is 35.3 Å². The molecule has 2 aromatic carbocycles. The minimum absolute atomic E-state index is 0.0373. The smallest absolute Gasteiger partial charge is 0.410 e. The monoisotopic (exact) mass is 498 g/mol. The van der Waals surface area contributed by atoms with Crippen molar-refractivity contribution in [2.24, 2.45) is 0 Å². The van der Waals surface area contributed by atoms with Gasteiger partial charge in [0.15, 0.2) is 0 Å². The van der Waals surface area contributed by atoms with Crippen LogP contribution in [0.25, 0.3) is 0 Å². The van der Waals surface area contributed by atoms with Crippen LogP contribution in [0.5, 0.6) is 0 Å². The van der Waals surface area contributed by atoms with Crippen LogP contribution < -0.4 is 4.72 Å². The van der Waals surface area contributed by atoms with E-state index in [4.69, 9.17) is 27.9 Å². The quantitative estimate of drug-likeness (QED) is 0.544. The summed E-state index contributed by atoms with van der Waals surface area (Å²) in [6.07, 6.45) is 2.13. The van der Waals surface area contributed by atoms with E-state index in [1.54, 1.807) is 30.1 Å². The van der Waals surface area contributed by atoms with Gasteiger partial charge >= 0.3 is 6.09 Å². The number of fused-ring (bicyclic) bond motifs is 1. The highest BCUT2D eigenvalue weighted by molar-refractivity contribution is 7.92. The van der Waals surface area contributed by atoms with Crippen LogP contribution in [0, 0.1) is 0 Å². The van der Waals surface area contributed by atoms with Crippen molar-refractivity contribution in [3.05, 3.63) is 63.1 Å². The molecule has 1 N–H and O–H groups in total. The van der Waals surface area contributed by atoms with Gasteiger partial charge in [0, 0.05) is 18.7 Å². The number of carbonyl (C=O) groups excluding carboxylic acids is 1. The number of halogens is 2. The number of anilines is 1. The Balaban J connectivity index is 2.05. The van der Waals surface area contributed by atoms with Gasteiger partial charge in [-0.2, -0.15) is 0 Å². The number of ether oxygens (including phenoxy) is 1. The first-order chi connectivity index (χ1) is 14.7. The second-order valence-electron chi connectivity index (χ2n) is 9.13. The maximum absolute atomic E-state index is 12.8. The molecule has 3 rings (SSSR count). The largest absolute Gasteiger partial charge is 0.444 e. The average molecular weight is 499 g/mol. The number of hydrogen-bond donors (Lipinski definition) is 1. The zero-order valence-electron chi connectivity index (χ0n) is 18.8. The Morgan fingerprint density at radius 2 is 1.75 bits per heavy atom. The summed E-state index contributed by atoms with van der Waals surface area (Å²) >= 11 is 12.4. The molecule has 0 aliphatic heterocycles. The fourth-order valence-corrected chi connectivity index (χ4v) is 4.89. The van der Waals surface area contributed by atoms with Gasteiger partial charge in [0.1, 0.15) is 5.60 Å². The zero-order chi connectivity index (χ0) is 23.8. The molecule has 2 atom stereocenters. The Bertz CT molecular complexity index is 1130. The minimum atomic E-state index is -3.45. The maximum Gasteiger partial charge on any atom is 0.410 e. The Morgan fingerprint density at radius 1 is 1.06 bits per heavy atom. The minimum Gasteiger partial charge on any atom is -0.444 e. The fraction of sp³-hybridized carbons (Fsp3) is 0.435. The first-order valence-corrected chi connectivity index (χ1v) is 12.9. The number of carbonyl (C=O) groups is 1. The van der Waals surface area contributed by atoms with Gasteiger partial charge in [-0.15, -0.1) is 0 Å². The Labute approximate surface area is 199 Å². The van der Waals surface area contributed by atoms with Crippen molar-refractivity contribution in [1.29, 1.82) is 0 Å². The maximum atomic E-state index is 12.8. The molecule has 1 unspecified atom stereocenters. The molecular formula is C23H28Cl2N2O4S. The van der Waals surface area contributed by atoms with E-state index in [9.17, 15) is 13.2 Å². The lowest BCUT2D eigenvalue weighted by Crippen LogP contribution is -2.38. The van der Waals surface area contributed by atoms with Gasteiger partial charge in [0.2, 0.25) is 10.0 Å². The van der Waals surface area contributed by atoms with Crippen LogP contribution in [-0.2, 0) is 14.8 Å². The summed E-state index contributed by atoms with van der Waals surface area (Å²) in [5.41, 5.74) is 2.72. The van der Waals surface area contributed by atoms with Crippen molar-refractivity contribution in [2.45, 2.75) is 51.2 Å². The van der Waals surface area contributed by atoms with E-state index >= 15 is 0 Å². The lowest BCUT2D eigenvalue weighted by atomic mass is 9.76. The average Bonchev–Trinajstić information content (AvgIpc) is 2.66. The van der Waals surface area contributed by atoms with E-state index in [-0.39, 0.29) is 12.0 Å². The molecule has 0 fully saturated rings. The van der Waals surface area contributed by atoms with Crippen molar-refractivity contribution in [1.82, 2.24) is 4.90 Å². The van der Waals surface area contributed by atoms with E-state index in [2.05, 4.69) is 4.72 Å². The van der Waals surface area contributed by atoms with E-state index in [0.29, 0.717) is 22.2 Å². The van der Waals surface area contributed by atoms with Gasteiger partial charge in [0.05, 0.1) is 22.3 Å². The molecule has 0 bridgehead atoms. The molecule has 6 nitrogen and oxygen atoms in total. The van der Waals surface area contributed by atoms with Crippen LogP contribution >= 0.6 is 23.2 Å².